The number of aromatic nitrogens is 2. The first-order valence-corrected chi connectivity index (χ1v) is 5.28. The Bertz CT molecular complexity index is 555. The molecule has 0 saturated carbocycles. The van der Waals surface area contributed by atoms with Crippen LogP contribution in [-0.2, 0) is 6.54 Å². The van der Waals surface area contributed by atoms with E-state index in [0.29, 0.717) is 12.4 Å². The molecule has 0 bridgehead atoms. The third-order valence-corrected chi connectivity index (χ3v) is 2.63. The molecule has 84 valence electrons. The van der Waals surface area contributed by atoms with E-state index >= 15 is 0 Å². The summed E-state index contributed by atoms with van der Waals surface area (Å²) in [6, 6.07) is 7.13. The van der Waals surface area contributed by atoms with Crippen molar-refractivity contribution in [2.45, 2.75) is 6.54 Å². The van der Waals surface area contributed by atoms with Gasteiger partial charge in [-0.1, -0.05) is 6.07 Å². The predicted octanol–water partition coefficient (Wildman–Crippen LogP) is 1.84. The highest BCUT2D eigenvalue weighted by Crippen LogP contribution is 2.29. The summed E-state index contributed by atoms with van der Waals surface area (Å²) in [7, 11) is 0. The van der Waals surface area contributed by atoms with Crippen LogP contribution in [0.2, 0.25) is 0 Å². The Kier molecular flexibility index (Phi) is 2.22. The molecule has 17 heavy (non-hydrogen) atoms. The molecular weight excluding hydrogens is 216 g/mol. The number of rotatable bonds is 1. The van der Waals surface area contributed by atoms with Gasteiger partial charge in [0.1, 0.15) is 5.82 Å². The van der Waals surface area contributed by atoms with Crippen molar-refractivity contribution >= 4 is 17.5 Å². The maximum atomic E-state index is 11.9. The molecule has 0 aromatic carbocycles. The van der Waals surface area contributed by atoms with Crippen LogP contribution in [0.3, 0.4) is 0 Å². The van der Waals surface area contributed by atoms with E-state index in [1.807, 2.05) is 18.2 Å². The smallest absolute Gasteiger partial charge is 0.327 e. The van der Waals surface area contributed by atoms with Crippen molar-refractivity contribution < 1.29 is 4.79 Å². The molecular formula is C12H10N4O. The van der Waals surface area contributed by atoms with E-state index in [4.69, 9.17) is 0 Å². The van der Waals surface area contributed by atoms with E-state index in [0.717, 1.165) is 11.3 Å². The molecule has 3 heterocycles. The van der Waals surface area contributed by atoms with Crippen molar-refractivity contribution in [1.29, 1.82) is 0 Å². The molecule has 0 fully saturated rings. The topological polar surface area (TPSA) is 58.1 Å². The molecule has 0 radical (unpaired) electrons. The summed E-state index contributed by atoms with van der Waals surface area (Å²) in [5.74, 6) is 0.608. The van der Waals surface area contributed by atoms with Crippen molar-refractivity contribution in [3.05, 3.63) is 48.4 Å². The van der Waals surface area contributed by atoms with Crippen molar-refractivity contribution in [1.82, 2.24) is 15.3 Å². The molecule has 2 amide bonds. The number of nitrogens with one attached hydrogen (secondary N) is 1. The second-order valence-electron chi connectivity index (χ2n) is 3.69. The minimum atomic E-state index is -0.164. The molecule has 0 atom stereocenters. The summed E-state index contributed by atoms with van der Waals surface area (Å²) >= 11 is 0. The predicted molar refractivity (Wildman–Crippen MR) is 62.8 cm³/mol. The molecule has 0 aliphatic carbocycles. The Morgan fingerprint density at radius 1 is 1.24 bits per heavy atom. The molecule has 3 rings (SSSR count). The third kappa shape index (κ3) is 1.61. The van der Waals surface area contributed by atoms with Gasteiger partial charge in [-0.2, -0.15) is 0 Å². The summed E-state index contributed by atoms with van der Waals surface area (Å²) in [6.45, 7) is 0.505. The third-order valence-electron chi connectivity index (χ3n) is 2.63. The normalized spacial score (nSPS) is 14.1. The summed E-state index contributed by atoms with van der Waals surface area (Å²) in [5.41, 5.74) is 1.82. The summed E-state index contributed by atoms with van der Waals surface area (Å²) in [4.78, 5) is 21.7. The summed E-state index contributed by atoms with van der Waals surface area (Å²) in [6.07, 6.45) is 5.09. The number of nitrogens with zero attached hydrogens (tertiary/aromatic N) is 3. The number of amides is 2. The van der Waals surface area contributed by atoms with Gasteiger partial charge < -0.3 is 5.32 Å². The summed E-state index contributed by atoms with van der Waals surface area (Å²) in [5, 5.41) is 2.79. The lowest BCUT2D eigenvalue weighted by atomic mass is 10.2. The lowest BCUT2D eigenvalue weighted by molar-refractivity contribution is 0.247. The van der Waals surface area contributed by atoms with Gasteiger partial charge in [0.15, 0.2) is 0 Å². The minimum Gasteiger partial charge on any atom is -0.333 e. The number of anilines is 2. The second kappa shape index (κ2) is 3.86. The minimum absolute atomic E-state index is 0.164. The number of urea groups is 1. The van der Waals surface area contributed by atoms with Gasteiger partial charge >= 0.3 is 6.03 Å². The van der Waals surface area contributed by atoms with Crippen molar-refractivity contribution in [3.8, 4) is 0 Å². The second-order valence-corrected chi connectivity index (χ2v) is 3.69. The Morgan fingerprint density at radius 3 is 3.00 bits per heavy atom. The van der Waals surface area contributed by atoms with Crippen LogP contribution >= 0.6 is 0 Å². The van der Waals surface area contributed by atoms with E-state index in [2.05, 4.69) is 15.3 Å². The van der Waals surface area contributed by atoms with Gasteiger partial charge in [-0.15, -0.1) is 0 Å². The van der Waals surface area contributed by atoms with E-state index in [1.54, 1.807) is 29.6 Å². The first-order valence-electron chi connectivity index (χ1n) is 5.28. The number of hydrogen-bond acceptors (Lipinski definition) is 3. The molecule has 2 aromatic rings. The molecule has 0 unspecified atom stereocenters. The van der Waals surface area contributed by atoms with E-state index < -0.39 is 0 Å². The zero-order valence-electron chi connectivity index (χ0n) is 9.00. The fourth-order valence-electron chi connectivity index (χ4n) is 1.85. The number of carbonyl (C=O) groups excluding carboxylic acids is 1. The molecule has 0 saturated heterocycles. The van der Waals surface area contributed by atoms with Crippen LogP contribution in [0, 0.1) is 0 Å². The quantitative estimate of drug-likeness (QED) is 0.807. The van der Waals surface area contributed by atoms with E-state index in [1.165, 1.54) is 0 Å². The van der Waals surface area contributed by atoms with Gasteiger partial charge in [-0.25, -0.2) is 14.7 Å². The maximum absolute atomic E-state index is 11.9. The number of carbonyl (C=O) groups is 1. The molecule has 2 aromatic heterocycles. The average Bonchev–Trinajstić information content (AvgIpc) is 2.39. The van der Waals surface area contributed by atoms with Gasteiger partial charge in [0.2, 0.25) is 0 Å². The first kappa shape index (κ1) is 9.77. The van der Waals surface area contributed by atoms with E-state index in [-0.39, 0.29) is 6.03 Å². The fourth-order valence-corrected chi connectivity index (χ4v) is 1.85. The van der Waals surface area contributed by atoms with Crippen LogP contribution in [0.5, 0.6) is 0 Å². The van der Waals surface area contributed by atoms with Crippen LogP contribution in [0.1, 0.15) is 5.56 Å². The van der Waals surface area contributed by atoms with Gasteiger partial charge in [0, 0.05) is 30.7 Å². The molecule has 5 heteroatoms. The summed E-state index contributed by atoms with van der Waals surface area (Å²) < 4.78 is 0. The van der Waals surface area contributed by atoms with Crippen molar-refractivity contribution in [3.63, 3.8) is 0 Å². The lowest BCUT2D eigenvalue weighted by Crippen LogP contribution is -2.41. The van der Waals surface area contributed by atoms with Crippen molar-refractivity contribution in [2.24, 2.45) is 0 Å². The van der Waals surface area contributed by atoms with Crippen LogP contribution in [0.4, 0.5) is 16.3 Å². The highest BCUT2D eigenvalue weighted by Gasteiger charge is 2.25. The van der Waals surface area contributed by atoms with Crippen LogP contribution in [-0.4, -0.2) is 16.0 Å². The highest BCUT2D eigenvalue weighted by atomic mass is 16.2. The fraction of sp³-hybridized carbons (Fsp3) is 0.0833. The molecule has 1 aliphatic rings. The zero-order valence-corrected chi connectivity index (χ0v) is 9.00. The Morgan fingerprint density at radius 2 is 2.18 bits per heavy atom. The highest BCUT2D eigenvalue weighted by molar-refractivity contribution is 6.00. The van der Waals surface area contributed by atoms with Gasteiger partial charge in [-0.05, 0) is 18.2 Å². The number of fused-ring (bicyclic) bond motifs is 1. The maximum Gasteiger partial charge on any atom is 0.327 e. The Balaban J connectivity index is 2.13. The van der Waals surface area contributed by atoms with Gasteiger partial charge in [0.25, 0.3) is 0 Å². The SMILES string of the molecule is O=C1NCc2cnccc2N1c1ccccn1. The zero-order chi connectivity index (χ0) is 11.7. The molecule has 1 N–H and O–H groups in total. The van der Waals surface area contributed by atoms with Gasteiger partial charge in [0.05, 0.1) is 5.69 Å². The van der Waals surface area contributed by atoms with Crippen LogP contribution < -0.4 is 10.2 Å². The van der Waals surface area contributed by atoms with E-state index in [9.17, 15) is 4.79 Å². The molecule has 1 aliphatic heterocycles. The Hall–Kier alpha value is -2.43. The first-order chi connectivity index (χ1) is 8.36. The standard InChI is InChI=1S/C12H10N4O/c17-12-15-8-9-7-13-6-4-10(9)16(12)11-3-1-2-5-14-11/h1-7H,8H2,(H,15,17). The van der Waals surface area contributed by atoms with Gasteiger partial charge in [-0.3, -0.25) is 4.98 Å². The molecule has 0 spiro atoms. The monoisotopic (exact) mass is 226 g/mol. The average molecular weight is 226 g/mol. The van der Waals surface area contributed by atoms with Crippen LogP contribution in [0.25, 0.3) is 0 Å². The van der Waals surface area contributed by atoms with Crippen molar-refractivity contribution in [2.75, 3.05) is 4.90 Å². The molecule has 5 nitrogen and oxygen atoms in total. The number of hydrogen-bond donors (Lipinski definition) is 1. The van der Waals surface area contributed by atoms with Crippen LogP contribution in [0.15, 0.2) is 42.9 Å². The number of pyridine rings is 2. The Labute approximate surface area is 98.1 Å². The largest absolute Gasteiger partial charge is 0.333 e. The lowest BCUT2D eigenvalue weighted by Gasteiger charge is -2.28.